The van der Waals surface area contributed by atoms with E-state index in [9.17, 15) is 19.2 Å². The van der Waals surface area contributed by atoms with Crippen LogP contribution < -0.4 is 10.1 Å². The molecule has 0 saturated carbocycles. The second kappa shape index (κ2) is 18.4. The van der Waals surface area contributed by atoms with Gasteiger partial charge in [-0.1, -0.05) is 29.4 Å². The zero-order valence-electron chi connectivity index (χ0n) is 33.9. The number of rotatable bonds is 16. The number of H-pyrrole nitrogens is 1. The van der Waals surface area contributed by atoms with E-state index in [0.717, 1.165) is 110 Å². The van der Waals surface area contributed by atoms with Crippen LogP contribution in [0.25, 0.3) is 33.6 Å². The minimum absolute atomic E-state index is 0.0931. The van der Waals surface area contributed by atoms with Crippen LogP contribution >= 0.6 is 0 Å². The molecule has 0 radical (unpaired) electrons. The number of ether oxygens (including phenoxy) is 3. The first-order valence-corrected chi connectivity index (χ1v) is 21.3. The lowest BCUT2D eigenvalue weighted by Crippen LogP contribution is -2.54. The second-order valence-electron chi connectivity index (χ2n) is 16.1. The predicted octanol–water partition coefficient (Wildman–Crippen LogP) is 4.05. The van der Waals surface area contributed by atoms with Crippen molar-refractivity contribution >= 4 is 34.5 Å². The van der Waals surface area contributed by atoms with Crippen molar-refractivity contribution in [3.05, 3.63) is 77.4 Å². The van der Waals surface area contributed by atoms with Crippen LogP contribution in [0.15, 0.2) is 65.2 Å². The summed E-state index contributed by atoms with van der Waals surface area (Å²) in [6.45, 7) is 7.52. The van der Waals surface area contributed by atoms with Crippen molar-refractivity contribution in [2.24, 2.45) is 0 Å². The van der Waals surface area contributed by atoms with Crippen LogP contribution in [0.3, 0.4) is 0 Å². The SMILES string of the molecule is O=C1CCC(N2C(=O)c3cccc(CCCOCCN4CCC(OCCN5CCC(Oc6cccc(-c7onc8ccc(-c9nnn[nH]9)cc78)c6)CC5)CC4)c3C2=O)C(=O)N1. The number of aromatic nitrogens is 5. The van der Waals surface area contributed by atoms with Crippen LogP contribution in [-0.2, 0) is 25.5 Å². The van der Waals surface area contributed by atoms with Gasteiger partial charge in [0.2, 0.25) is 11.8 Å². The van der Waals surface area contributed by atoms with Crippen molar-refractivity contribution in [1.29, 1.82) is 0 Å². The van der Waals surface area contributed by atoms with E-state index >= 15 is 0 Å². The average Bonchev–Trinajstić information content (AvgIpc) is 4.03. The summed E-state index contributed by atoms with van der Waals surface area (Å²) in [5.74, 6) is 0.108. The largest absolute Gasteiger partial charge is 0.490 e. The molecule has 2 N–H and O–H groups in total. The van der Waals surface area contributed by atoms with Gasteiger partial charge in [-0.2, -0.15) is 0 Å². The van der Waals surface area contributed by atoms with Crippen LogP contribution in [0.4, 0.5) is 0 Å². The van der Waals surface area contributed by atoms with Crippen molar-refractivity contribution in [2.75, 3.05) is 59.1 Å². The van der Waals surface area contributed by atoms with Gasteiger partial charge in [0, 0.05) is 63.4 Å². The van der Waals surface area contributed by atoms with Crippen molar-refractivity contribution in [1.82, 2.24) is 45.8 Å². The molecule has 6 heterocycles. The molecule has 1 unspecified atom stereocenters. The summed E-state index contributed by atoms with van der Waals surface area (Å²) in [5, 5.41) is 21.5. The maximum Gasteiger partial charge on any atom is 0.262 e. The van der Waals surface area contributed by atoms with Crippen molar-refractivity contribution in [3.8, 4) is 28.5 Å². The minimum atomic E-state index is -0.970. The number of carbonyl (C=O) groups excluding carboxylic acids is 4. The molecule has 1 atom stereocenters. The Morgan fingerprint density at radius 1 is 0.787 bits per heavy atom. The molecule has 5 aromatic rings. The molecule has 3 fully saturated rings. The Bertz CT molecular complexity index is 2370. The number of aromatic amines is 1. The molecular formula is C44H49N9O8. The van der Waals surface area contributed by atoms with E-state index in [1.54, 1.807) is 12.1 Å². The molecule has 17 heteroatoms. The fourth-order valence-corrected chi connectivity index (χ4v) is 8.83. The number of fused-ring (bicyclic) bond motifs is 2. The van der Waals surface area contributed by atoms with E-state index in [-0.39, 0.29) is 25.0 Å². The lowest BCUT2D eigenvalue weighted by atomic mass is 9.99. The Morgan fingerprint density at radius 2 is 1.57 bits per heavy atom. The molecule has 0 bridgehead atoms. The molecule has 3 aromatic carbocycles. The van der Waals surface area contributed by atoms with Gasteiger partial charge in [0.1, 0.15) is 23.4 Å². The van der Waals surface area contributed by atoms with Crippen molar-refractivity contribution in [3.63, 3.8) is 0 Å². The summed E-state index contributed by atoms with van der Waals surface area (Å²) < 4.78 is 24.5. The number of piperidine rings is 3. The number of amides is 4. The zero-order chi connectivity index (χ0) is 41.7. The molecular weight excluding hydrogens is 783 g/mol. The third-order valence-corrected chi connectivity index (χ3v) is 12.2. The van der Waals surface area contributed by atoms with Crippen LogP contribution in [0.1, 0.15) is 71.2 Å². The van der Waals surface area contributed by atoms with E-state index in [1.165, 1.54) is 0 Å². The summed E-state index contributed by atoms with van der Waals surface area (Å²) >= 11 is 0. The molecule has 0 aliphatic carbocycles. The maximum atomic E-state index is 13.3. The topological polar surface area (TPSA) is 198 Å². The van der Waals surface area contributed by atoms with Gasteiger partial charge in [-0.25, -0.2) is 5.10 Å². The van der Waals surface area contributed by atoms with Gasteiger partial charge in [-0.3, -0.25) is 29.4 Å². The molecule has 3 saturated heterocycles. The molecule has 9 rings (SSSR count). The van der Waals surface area contributed by atoms with Crippen molar-refractivity contribution < 1.29 is 37.9 Å². The number of hydrogen-bond donors (Lipinski definition) is 2. The van der Waals surface area contributed by atoms with Gasteiger partial charge in [-0.05, 0) is 97.3 Å². The smallest absolute Gasteiger partial charge is 0.262 e. The molecule has 4 aliphatic heterocycles. The van der Waals surface area contributed by atoms with Gasteiger partial charge in [0.25, 0.3) is 11.8 Å². The quantitative estimate of drug-likeness (QED) is 0.107. The highest BCUT2D eigenvalue weighted by molar-refractivity contribution is 6.24. The van der Waals surface area contributed by atoms with Gasteiger partial charge in [-0.15, -0.1) is 5.10 Å². The van der Waals surface area contributed by atoms with Crippen LogP contribution in [0, 0.1) is 0 Å². The van der Waals surface area contributed by atoms with E-state index in [2.05, 4.69) is 40.9 Å². The standard InChI is InChI=1S/C44H49N9O8/c54-38-12-11-37(42(55)45-38)53-43(56)34-8-2-4-28(39(34)44(53)57)6-3-23-58-24-21-51-17-13-31(14-18-51)59-25-22-52-19-15-32(16-20-52)60-33-7-1-5-29(26-33)40-35-27-30(41-46-49-50-47-41)9-10-36(35)48-61-40/h1-2,4-5,7-10,26-27,31-32,37H,3,6,11-25H2,(H,45,54,55)(H,46,47,49,50). The molecule has 17 nitrogen and oxygen atoms in total. The lowest BCUT2D eigenvalue weighted by Gasteiger charge is -2.34. The number of likely N-dealkylation sites (tertiary alicyclic amines) is 2. The highest BCUT2D eigenvalue weighted by Crippen LogP contribution is 2.34. The van der Waals surface area contributed by atoms with Crippen LogP contribution in [0.5, 0.6) is 5.75 Å². The van der Waals surface area contributed by atoms with E-state index in [1.807, 2.05) is 48.5 Å². The number of imide groups is 2. The summed E-state index contributed by atoms with van der Waals surface area (Å²) in [6, 6.07) is 18.0. The molecule has 4 amide bonds. The number of hydrogen-bond acceptors (Lipinski definition) is 14. The summed E-state index contributed by atoms with van der Waals surface area (Å²) in [4.78, 5) is 56.4. The Labute approximate surface area is 352 Å². The molecule has 318 valence electrons. The molecule has 2 aromatic heterocycles. The van der Waals surface area contributed by atoms with Crippen LogP contribution in [0.2, 0.25) is 0 Å². The third-order valence-electron chi connectivity index (χ3n) is 12.2. The number of aryl methyl sites for hydroxylation is 1. The monoisotopic (exact) mass is 831 g/mol. The summed E-state index contributed by atoms with van der Waals surface area (Å²) in [6.07, 6.45) is 5.81. The van der Waals surface area contributed by atoms with Gasteiger partial charge in [0.05, 0.1) is 35.8 Å². The number of nitrogens with one attached hydrogen (secondary N) is 2. The fraction of sp³-hybridized carbons (Fsp3) is 0.455. The average molecular weight is 832 g/mol. The summed E-state index contributed by atoms with van der Waals surface area (Å²) in [5.41, 5.74) is 3.93. The first-order valence-electron chi connectivity index (χ1n) is 21.3. The number of nitrogens with zero attached hydrogens (tertiary/aromatic N) is 7. The van der Waals surface area contributed by atoms with Gasteiger partial charge in [0.15, 0.2) is 11.6 Å². The second-order valence-corrected chi connectivity index (χ2v) is 16.1. The summed E-state index contributed by atoms with van der Waals surface area (Å²) in [7, 11) is 0. The van der Waals surface area contributed by atoms with Gasteiger partial charge >= 0.3 is 0 Å². The number of benzene rings is 3. The van der Waals surface area contributed by atoms with Crippen LogP contribution in [-0.4, -0.2) is 141 Å². The highest BCUT2D eigenvalue weighted by Gasteiger charge is 2.45. The van der Waals surface area contributed by atoms with E-state index in [0.29, 0.717) is 48.8 Å². The maximum absolute atomic E-state index is 13.3. The highest BCUT2D eigenvalue weighted by atomic mass is 16.5. The van der Waals surface area contributed by atoms with Gasteiger partial charge < -0.3 is 28.5 Å². The Kier molecular flexibility index (Phi) is 12.2. The molecule has 4 aliphatic rings. The number of carbonyl (C=O) groups is 4. The number of tetrazole rings is 1. The Balaban J connectivity index is 0.641. The molecule has 0 spiro atoms. The molecule has 61 heavy (non-hydrogen) atoms. The minimum Gasteiger partial charge on any atom is -0.490 e. The van der Waals surface area contributed by atoms with E-state index in [4.69, 9.17) is 18.7 Å². The first kappa shape index (κ1) is 40.5. The third kappa shape index (κ3) is 9.10. The first-order chi connectivity index (χ1) is 29.9. The predicted molar refractivity (Wildman–Crippen MR) is 220 cm³/mol. The zero-order valence-corrected chi connectivity index (χ0v) is 33.9. The Hall–Kier alpha value is -5.88. The van der Waals surface area contributed by atoms with E-state index < -0.39 is 29.7 Å². The lowest BCUT2D eigenvalue weighted by molar-refractivity contribution is -0.136. The van der Waals surface area contributed by atoms with Crippen molar-refractivity contribution in [2.45, 2.75) is 69.6 Å². The fourth-order valence-electron chi connectivity index (χ4n) is 8.83. The Morgan fingerprint density at radius 3 is 2.36 bits per heavy atom. The normalized spacial score (nSPS) is 19.5.